The lowest BCUT2D eigenvalue weighted by molar-refractivity contribution is -0.119. The van der Waals surface area contributed by atoms with Crippen LogP contribution in [0.1, 0.15) is 36.5 Å². The van der Waals surface area contributed by atoms with E-state index in [1.165, 1.54) is 0 Å². The molecule has 2 amide bonds. The van der Waals surface area contributed by atoms with E-state index in [-0.39, 0.29) is 23.4 Å². The van der Waals surface area contributed by atoms with Gasteiger partial charge in [0.05, 0.1) is 0 Å². The van der Waals surface area contributed by atoms with E-state index in [0.717, 1.165) is 55.6 Å². The highest BCUT2D eigenvalue weighted by molar-refractivity contribution is 6.01. The summed E-state index contributed by atoms with van der Waals surface area (Å²) < 4.78 is 0. The first-order valence-corrected chi connectivity index (χ1v) is 10.0. The Morgan fingerprint density at radius 2 is 1.71 bits per heavy atom. The first-order chi connectivity index (χ1) is 13.6. The molecule has 1 atom stereocenters. The third kappa shape index (κ3) is 3.80. The molecule has 2 fully saturated rings. The zero-order chi connectivity index (χ0) is 19.6. The number of benzene rings is 2. The van der Waals surface area contributed by atoms with Crippen molar-refractivity contribution < 1.29 is 9.59 Å². The molecule has 2 heterocycles. The lowest BCUT2D eigenvalue weighted by Gasteiger charge is -2.40. The largest absolute Gasteiger partial charge is 0.352 e. The highest BCUT2D eigenvalue weighted by Gasteiger charge is 2.42. The summed E-state index contributed by atoms with van der Waals surface area (Å²) >= 11 is 0. The topological polar surface area (TPSA) is 61.4 Å². The highest BCUT2D eigenvalue weighted by atomic mass is 16.2. The summed E-state index contributed by atoms with van der Waals surface area (Å²) in [6.07, 6.45) is 2.78. The maximum absolute atomic E-state index is 13.3. The number of carbonyl (C=O) groups is 2. The Hall–Kier alpha value is -2.66. The van der Waals surface area contributed by atoms with Crippen molar-refractivity contribution in [3.63, 3.8) is 0 Å². The second-order valence-electron chi connectivity index (χ2n) is 7.97. The number of likely N-dealkylation sites (tertiary alicyclic amines) is 1. The number of nitrogens with zero attached hydrogens (tertiary/aromatic N) is 1. The smallest absolute Gasteiger partial charge is 0.254 e. The van der Waals surface area contributed by atoms with Crippen molar-refractivity contribution in [2.75, 3.05) is 19.6 Å². The molecule has 2 aromatic rings. The van der Waals surface area contributed by atoms with Crippen molar-refractivity contribution in [3.05, 3.63) is 60.2 Å². The summed E-state index contributed by atoms with van der Waals surface area (Å²) in [5.74, 6) is 0.125. The van der Waals surface area contributed by atoms with Crippen molar-refractivity contribution >= 4 is 11.8 Å². The molecule has 0 saturated carbocycles. The van der Waals surface area contributed by atoms with Crippen LogP contribution in [0.15, 0.2) is 54.6 Å². The molecule has 0 aliphatic carbocycles. The Kier molecular flexibility index (Phi) is 5.18. The van der Waals surface area contributed by atoms with Crippen molar-refractivity contribution in [1.82, 2.24) is 15.5 Å². The number of amides is 2. The number of carbonyl (C=O) groups excluding carboxylic acids is 2. The van der Waals surface area contributed by atoms with Crippen molar-refractivity contribution in [2.24, 2.45) is 0 Å². The minimum Gasteiger partial charge on any atom is -0.352 e. The standard InChI is InChI=1S/C23H27N3O2/c1-17(27)25-19-15-23(24-16-19)11-13-26(14-12-23)22(28)21-10-6-5-9-20(21)18-7-3-2-4-8-18/h2-10,19,24H,11-16H2,1H3,(H,25,27). The van der Waals surface area contributed by atoms with Crippen molar-refractivity contribution in [2.45, 2.75) is 37.8 Å². The lowest BCUT2D eigenvalue weighted by Crippen LogP contribution is -2.51. The molecule has 2 aliphatic rings. The Bertz CT molecular complexity index is 857. The van der Waals surface area contributed by atoms with Crippen LogP contribution in [0.5, 0.6) is 0 Å². The monoisotopic (exact) mass is 377 g/mol. The Balaban J connectivity index is 1.45. The zero-order valence-electron chi connectivity index (χ0n) is 16.3. The van der Waals surface area contributed by atoms with Gasteiger partial charge in [0.2, 0.25) is 5.91 Å². The van der Waals surface area contributed by atoms with Gasteiger partial charge in [0.1, 0.15) is 0 Å². The van der Waals surface area contributed by atoms with Crippen molar-refractivity contribution in [3.8, 4) is 11.1 Å². The maximum Gasteiger partial charge on any atom is 0.254 e. The molecule has 1 spiro atoms. The van der Waals surface area contributed by atoms with Crippen LogP contribution < -0.4 is 10.6 Å². The van der Waals surface area contributed by atoms with E-state index in [0.29, 0.717) is 0 Å². The zero-order valence-corrected chi connectivity index (χ0v) is 16.3. The molecule has 0 radical (unpaired) electrons. The van der Waals surface area contributed by atoms with Gasteiger partial charge in [-0.2, -0.15) is 0 Å². The molecule has 2 N–H and O–H groups in total. The molecule has 5 nitrogen and oxygen atoms in total. The summed E-state index contributed by atoms with van der Waals surface area (Å²) in [6.45, 7) is 3.85. The van der Waals surface area contributed by atoms with E-state index in [1.807, 2.05) is 59.5 Å². The van der Waals surface area contributed by atoms with Gasteiger partial charge in [0.25, 0.3) is 5.91 Å². The fourth-order valence-corrected chi connectivity index (χ4v) is 4.57. The number of hydrogen-bond acceptors (Lipinski definition) is 3. The van der Waals surface area contributed by atoms with Gasteiger partial charge in [-0.15, -0.1) is 0 Å². The summed E-state index contributed by atoms with van der Waals surface area (Å²) in [6, 6.07) is 18.1. The minimum absolute atomic E-state index is 0.0222. The van der Waals surface area contributed by atoms with Crippen molar-refractivity contribution in [1.29, 1.82) is 0 Å². The lowest BCUT2D eigenvalue weighted by atomic mass is 9.85. The summed E-state index contributed by atoms with van der Waals surface area (Å²) in [7, 11) is 0. The molecular formula is C23H27N3O2. The average molecular weight is 377 g/mol. The second kappa shape index (κ2) is 7.76. The number of nitrogens with one attached hydrogen (secondary N) is 2. The van der Waals surface area contributed by atoms with Crippen LogP contribution in [0.25, 0.3) is 11.1 Å². The summed E-state index contributed by atoms with van der Waals surface area (Å²) in [5, 5.41) is 6.63. The van der Waals surface area contributed by atoms with Crippen LogP contribution in [0.2, 0.25) is 0 Å². The third-order valence-electron chi connectivity index (χ3n) is 6.02. The molecule has 4 rings (SSSR count). The predicted octanol–water partition coefficient (Wildman–Crippen LogP) is 2.83. The SMILES string of the molecule is CC(=O)NC1CNC2(CCN(C(=O)c3ccccc3-c3ccccc3)CC2)C1. The van der Waals surface area contributed by atoms with Crippen LogP contribution in [0.4, 0.5) is 0 Å². The first-order valence-electron chi connectivity index (χ1n) is 10.0. The molecule has 2 aliphatic heterocycles. The van der Waals surface area contributed by atoms with E-state index in [4.69, 9.17) is 0 Å². The Morgan fingerprint density at radius 1 is 1.04 bits per heavy atom. The van der Waals surface area contributed by atoms with Crippen LogP contribution in [-0.4, -0.2) is 47.9 Å². The molecule has 0 aromatic heterocycles. The fourth-order valence-electron chi connectivity index (χ4n) is 4.57. The van der Waals surface area contributed by atoms with Gasteiger partial charge in [0, 0.05) is 43.7 Å². The third-order valence-corrected chi connectivity index (χ3v) is 6.02. The van der Waals surface area contributed by atoms with E-state index < -0.39 is 0 Å². The van der Waals surface area contributed by atoms with Crippen LogP contribution in [0, 0.1) is 0 Å². The van der Waals surface area contributed by atoms with Gasteiger partial charge in [-0.05, 0) is 36.5 Å². The van der Waals surface area contributed by atoms with E-state index in [1.54, 1.807) is 6.92 Å². The summed E-state index contributed by atoms with van der Waals surface area (Å²) in [5.41, 5.74) is 2.86. The fraction of sp³-hybridized carbons (Fsp3) is 0.391. The van der Waals surface area contributed by atoms with Gasteiger partial charge < -0.3 is 15.5 Å². The first kappa shape index (κ1) is 18.7. The minimum atomic E-state index is 0.0222. The molecule has 2 saturated heterocycles. The number of rotatable bonds is 3. The molecule has 0 bridgehead atoms. The van der Waals surface area contributed by atoms with Gasteiger partial charge in [-0.25, -0.2) is 0 Å². The van der Waals surface area contributed by atoms with Gasteiger partial charge in [-0.1, -0.05) is 48.5 Å². The molecule has 5 heteroatoms. The molecule has 2 aromatic carbocycles. The quantitative estimate of drug-likeness (QED) is 0.865. The highest BCUT2D eigenvalue weighted by Crippen LogP contribution is 2.32. The normalized spacial score (nSPS) is 20.9. The van der Waals surface area contributed by atoms with Crippen LogP contribution >= 0.6 is 0 Å². The van der Waals surface area contributed by atoms with E-state index in [2.05, 4.69) is 10.6 Å². The molecular weight excluding hydrogens is 350 g/mol. The van der Waals surface area contributed by atoms with Gasteiger partial charge in [-0.3, -0.25) is 9.59 Å². The average Bonchev–Trinajstić information content (AvgIpc) is 3.10. The maximum atomic E-state index is 13.3. The van der Waals surface area contributed by atoms with Crippen LogP contribution in [-0.2, 0) is 4.79 Å². The van der Waals surface area contributed by atoms with E-state index >= 15 is 0 Å². The second-order valence-corrected chi connectivity index (χ2v) is 7.97. The molecule has 1 unspecified atom stereocenters. The number of hydrogen-bond donors (Lipinski definition) is 2. The van der Waals surface area contributed by atoms with E-state index in [9.17, 15) is 9.59 Å². The number of piperidine rings is 1. The summed E-state index contributed by atoms with van der Waals surface area (Å²) in [4.78, 5) is 26.6. The van der Waals surface area contributed by atoms with Crippen LogP contribution in [0.3, 0.4) is 0 Å². The van der Waals surface area contributed by atoms with Gasteiger partial charge >= 0.3 is 0 Å². The molecule has 146 valence electrons. The molecule has 28 heavy (non-hydrogen) atoms. The Labute approximate surface area is 166 Å². The van der Waals surface area contributed by atoms with Gasteiger partial charge in [0.15, 0.2) is 0 Å². The predicted molar refractivity (Wildman–Crippen MR) is 110 cm³/mol. The Morgan fingerprint density at radius 3 is 2.43 bits per heavy atom.